The molecule has 0 bridgehead atoms. The maximum Gasteiger partial charge on any atom is 0.144 e. The average molecular weight is 239 g/mol. The first-order chi connectivity index (χ1) is 4.75. The van der Waals surface area contributed by atoms with Crippen LogP contribution in [0.4, 0.5) is 0 Å². The van der Waals surface area contributed by atoms with Gasteiger partial charge in [-0.05, 0) is 28.3 Å². The van der Waals surface area contributed by atoms with Crippen LogP contribution in [0.2, 0.25) is 5.15 Å². The van der Waals surface area contributed by atoms with E-state index in [4.69, 9.17) is 11.6 Å². The van der Waals surface area contributed by atoms with Crippen molar-refractivity contribution >= 4 is 39.3 Å². The molecule has 0 aliphatic heterocycles. The highest BCUT2D eigenvalue weighted by Crippen LogP contribution is 2.29. The Labute approximate surface area is 77.3 Å². The summed E-state index contributed by atoms with van der Waals surface area (Å²) >= 11 is 10.7. The molecule has 1 heterocycles. The SMILES string of the molecule is CSc1ccnc(Cl)c1Br. The van der Waals surface area contributed by atoms with Gasteiger partial charge in [-0.3, -0.25) is 0 Å². The molecule has 1 rings (SSSR count). The molecule has 4 heteroatoms. The molecule has 0 fully saturated rings. The van der Waals surface area contributed by atoms with Crippen LogP contribution in [0.5, 0.6) is 0 Å². The molecule has 0 radical (unpaired) electrons. The van der Waals surface area contributed by atoms with Crippen molar-refractivity contribution in [2.75, 3.05) is 6.26 Å². The smallest absolute Gasteiger partial charge is 0.144 e. The number of thioether (sulfide) groups is 1. The molecule has 1 aromatic heterocycles. The third-order valence-corrected chi connectivity index (χ3v) is 3.39. The van der Waals surface area contributed by atoms with E-state index in [1.807, 2.05) is 12.3 Å². The maximum absolute atomic E-state index is 5.72. The quantitative estimate of drug-likeness (QED) is 0.550. The number of hydrogen-bond donors (Lipinski definition) is 0. The van der Waals surface area contributed by atoms with Crippen molar-refractivity contribution in [3.05, 3.63) is 21.9 Å². The van der Waals surface area contributed by atoms with Crippen molar-refractivity contribution in [3.63, 3.8) is 0 Å². The minimum Gasteiger partial charge on any atom is -0.243 e. The first kappa shape index (κ1) is 8.37. The Kier molecular flexibility index (Phi) is 3.01. The summed E-state index contributed by atoms with van der Waals surface area (Å²) in [5, 5.41) is 0.520. The Morgan fingerprint density at radius 1 is 1.70 bits per heavy atom. The lowest BCUT2D eigenvalue weighted by atomic mass is 10.5. The number of rotatable bonds is 1. The van der Waals surface area contributed by atoms with Crippen molar-refractivity contribution in [2.45, 2.75) is 4.90 Å². The lowest BCUT2D eigenvalue weighted by Crippen LogP contribution is -1.78. The van der Waals surface area contributed by atoms with Crippen LogP contribution in [0.25, 0.3) is 0 Å². The molecule has 0 aliphatic carbocycles. The van der Waals surface area contributed by atoms with Gasteiger partial charge in [0.15, 0.2) is 0 Å². The van der Waals surface area contributed by atoms with Gasteiger partial charge >= 0.3 is 0 Å². The molecule has 0 saturated heterocycles. The second-order valence-corrected chi connectivity index (χ2v) is 3.62. The van der Waals surface area contributed by atoms with Crippen LogP contribution in [0.1, 0.15) is 0 Å². The van der Waals surface area contributed by atoms with Crippen molar-refractivity contribution in [1.29, 1.82) is 0 Å². The summed E-state index contributed by atoms with van der Waals surface area (Å²) in [7, 11) is 0. The van der Waals surface area contributed by atoms with E-state index in [1.54, 1.807) is 18.0 Å². The summed E-state index contributed by atoms with van der Waals surface area (Å²) in [5.74, 6) is 0. The van der Waals surface area contributed by atoms with Crippen LogP contribution in [-0.4, -0.2) is 11.2 Å². The Balaban J connectivity index is 3.14. The molecule has 54 valence electrons. The van der Waals surface area contributed by atoms with Gasteiger partial charge in [-0.15, -0.1) is 11.8 Å². The van der Waals surface area contributed by atoms with E-state index in [1.165, 1.54) is 0 Å². The van der Waals surface area contributed by atoms with E-state index in [0.717, 1.165) is 9.37 Å². The van der Waals surface area contributed by atoms with Gasteiger partial charge in [-0.1, -0.05) is 11.6 Å². The van der Waals surface area contributed by atoms with Crippen LogP contribution in [-0.2, 0) is 0 Å². The van der Waals surface area contributed by atoms with Crippen LogP contribution < -0.4 is 0 Å². The first-order valence-corrected chi connectivity index (χ1v) is 4.99. The highest BCUT2D eigenvalue weighted by Gasteiger charge is 2.01. The Morgan fingerprint density at radius 2 is 2.40 bits per heavy atom. The maximum atomic E-state index is 5.72. The predicted octanol–water partition coefficient (Wildman–Crippen LogP) is 3.22. The Hall–Kier alpha value is 0.270. The molecule has 0 amide bonds. The molecule has 10 heavy (non-hydrogen) atoms. The highest BCUT2D eigenvalue weighted by molar-refractivity contribution is 9.10. The van der Waals surface area contributed by atoms with E-state index in [-0.39, 0.29) is 0 Å². The van der Waals surface area contributed by atoms with Crippen molar-refractivity contribution in [2.24, 2.45) is 0 Å². The number of hydrogen-bond acceptors (Lipinski definition) is 2. The monoisotopic (exact) mass is 237 g/mol. The minimum atomic E-state index is 0.520. The lowest BCUT2D eigenvalue weighted by Gasteiger charge is -1.99. The lowest BCUT2D eigenvalue weighted by molar-refractivity contribution is 1.23. The van der Waals surface area contributed by atoms with Gasteiger partial charge in [0.2, 0.25) is 0 Å². The van der Waals surface area contributed by atoms with Gasteiger partial charge in [0.25, 0.3) is 0 Å². The van der Waals surface area contributed by atoms with Gasteiger partial charge < -0.3 is 0 Å². The molecule has 0 unspecified atom stereocenters. The third kappa shape index (κ3) is 1.65. The van der Waals surface area contributed by atoms with E-state index < -0.39 is 0 Å². The fourth-order valence-corrected chi connectivity index (χ4v) is 1.97. The number of nitrogens with zero attached hydrogens (tertiary/aromatic N) is 1. The van der Waals surface area contributed by atoms with Crippen LogP contribution in [0.3, 0.4) is 0 Å². The number of aromatic nitrogens is 1. The summed E-state index contributed by atoms with van der Waals surface area (Å²) in [6.07, 6.45) is 3.69. The van der Waals surface area contributed by atoms with E-state index >= 15 is 0 Å². The fraction of sp³-hybridized carbons (Fsp3) is 0.167. The van der Waals surface area contributed by atoms with Crippen LogP contribution in [0, 0.1) is 0 Å². The molecule has 0 N–H and O–H groups in total. The fourth-order valence-electron chi connectivity index (χ4n) is 0.560. The standard InChI is InChI=1S/C6H5BrClNS/c1-10-4-2-3-9-6(8)5(4)7/h2-3H,1H3. The van der Waals surface area contributed by atoms with Gasteiger partial charge in [0.1, 0.15) is 5.15 Å². The first-order valence-electron chi connectivity index (χ1n) is 2.59. The summed E-state index contributed by atoms with van der Waals surface area (Å²) in [6.45, 7) is 0. The van der Waals surface area contributed by atoms with Gasteiger partial charge in [0.05, 0.1) is 4.47 Å². The zero-order valence-corrected chi connectivity index (χ0v) is 8.42. The van der Waals surface area contributed by atoms with Crippen molar-refractivity contribution < 1.29 is 0 Å². The number of pyridine rings is 1. The summed E-state index contributed by atoms with van der Waals surface area (Å²) < 4.78 is 0.879. The summed E-state index contributed by atoms with van der Waals surface area (Å²) in [4.78, 5) is 5.00. The average Bonchev–Trinajstić information content (AvgIpc) is 1.95. The largest absolute Gasteiger partial charge is 0.243 e. The van der Waals surface area contributed by atoms with Crippen LogP contribution in [0.15, 0.2) is 21.6 Å². The van der Waals surface area contributed by atoms with Gasteiger partial charge in [0, 0.05) is 11.1 Å². The second kappa shape index (κ2) is 3.60. The Morgan fingerprint density at radius 3 is 2.90 bits per heavy atom. The van der Waals surface area contributed by atoms with E-state index in [2.05, 4.69) is 20.9 Å². The molecule has 0 aromatic carbocycles. The molecule has 1 nitrogen and oxygen atoms in total. The minimum absolute atomic E-state index is 0.520. The van der Waals surface area contributed by atoms with Gasteiger partial charge in [-0.25, -0.2) is 4.98 Å². The van der Waals surface area contributed by atoms with Gasteiger partial charge in [-0.2, -0.15) is 0 Å². The van der Waals surface area contributed by atoms with Crippen LogP contribution >= 0.6 is 39.3 Å². The zero-order valence-electron chi connectivity index (χ0n) is 5.27. The van der Waals surface area contributed by atoms with Crippen molar-refractivity contribution in [1.82, 2.24) is 4.98 Å². The zero-order chi connectivity index (χ0) is 7.56. The number of halogens is 2. The third-order valence-electron chi connectivity index (χ3n) is 1.03. The topological polar surface area (TPSA) is 12.9 Å². The summed E-state index contributed by atoms with van der Waals surface area (Å²) in [6, 6.07) is 1.92. The molecular weight excluding hydrogens is 233 g/mol. The molecular formula is C6H5BrClNS. The normalized spacial score (nSPS) is 9.90. The predicted molar refractivity (Wildman–Crippen MR) is 48.7 cm³/mol. The molecule has 0 aliphatic rings. The van der Waals surface area contributed by atoms with E-state index in [9.17, 15) is 0 Å². The molecule has 0 spiro atoms. The Bertz CT molecular complexity index is 241. The van der Waals surface area contributed by atoms with Crippen molar-refractivity contribution in [3.8, 4) is 0 Å². The second-order valence-electron chi connectivity index (χ2n) is 1.62. The molecule has 0 atom stereocenters. The van der Waals surface area contributed by atoms with E-state index in [0.29, 0.717) is 5.15 Å². The summed E-state index contributed by atoms with van der Waals surface area (Å²) in [5.41, 5.74) is 0. The molecule has 0 saturated carbocycles. The molecule has 1 aromatic rings. The highest BCUT2D eigenvalue weighted by atomic mass is 79.9.